The summed E-state index contributed by atoms with van der Waals surface area (Å²) >= 11 is 1.34. The molecule has 0 saturated heterocycles. The van der Waals surface area contributed by atoms with Gasteiger partial charge in [-0.1, -0.05) is 11.3 Å². The van der Waals surface area contributed by atoms with E-state index in [1.54, 1.807) is 7.11 Å². The van der Waals surface area contributed by atoms with E-state index in [4.69, 9.17) is 24.7 Å². The maximum atomic E-state index is 12.1. The Morgan fingerprint density at radius 2 is 2.12 bits per heavy atom. The number of anilines is 2. The molecule has 126 valence electrons. The fourth-order valence-electron chi connectivity index (χ4n) is 3.06. The first-order chi connectivity index (χ1) is 11.6. The fraction of sp³-hybridized carbons (Fsp3) is 0.333. The van der Waals surface area contributed by atoms with Crippen LogP contribution in [-0.2, 0) is 4.79 Å². The third kappa shape index (κ3) is 2.12. The minimum atomic E-state index is -0.248. The lowest BCUT2D eigenvalue weighted by Gasteiger charge is -2.24. The number of benzene rings is 1. The molecule has 0 saturated carbocycles. The van der Waals surface area contributed by atoms with Crippen molar-refractivity contribution in [3.05, 3.63) is 16.5 Å². The van der Waals surface area contributed by atoms with Crippen LogP contribution in [0.25, 0.3) is 0 Å². The van der Waals surface area contributed by atoms with Crippen molar-refractivity contribution in [2.75, 3.05) is 32.1 Å². The van der Waals surface area contributed by atoms with Crippen molar-refractivity contribution in [1.82, 2.24) is 4.98 Å². The number of nitrogen functional groups attached to an aromatic ring is 1. The van der Waals surface area contributed by atoms with E-state index >= 15 is 0 Å². The average molecular weight is 349 g/mol. The highest BCUT2D eigenvalue weighted by atomic mass is 32.1. The number of nitrogens with zero attached hydrogens (tertiary/aromatic N) is 1. The van der Waals surface area contributed by atoms with Gasteiger partial charge in [0.1, 0.15) is 5.82 Å². The van der Waals surface area contributed by atoms with Crippen LogP contribution in [0.4, 0.5) is 10.9 Å². The van der Waals surface area contributed by atoms with Gasteiger partial charge in [-0.05, 0) is 6.07 Å². The summed E-state index contributed by atoms with van der Waals surface area (Å²) in [5.41, 5.74) is 6.59. The van der Waals surface area contributed by atoms with Crippen LogP contribution >= 0.6 is 11.3 Å². The fourth-order valence-corrected chi connectivity index (χ4v) is 3.96. The Bertz CT molecular complexity index is 835. The zero-order valence-electron chi connectivity index (χ0n) is 13.0. The number of nitrogens with one attached hydrogen (secondary N) is 1. The Kier molecular flexibility index (Phi) is 3.38. The Balaban J connectivity index is 1.92. The summed E-state index contributed by atoms with van der Waals surface area (Å²) in [7, 11) is 3.09. The highest BCUT2D eigenvalue weighted by molar-refractivity contribution is 7.16. The second-order valence-electron chi connectivity index (χ2n) is 5.34. The summed E-state index contributed by atoms with van der Waals surface area (Å²) in [6, 6.07) is 1.83. The molecule has 2 aliphatic heterocycles. The smallest absolute Gasteiger partial charge is 0.231 e. The molecule has 2 aliphatic rings. The van der Waals surface area contributed by atoms with E-state index < -0.39 is 0 Å². The highest BCUT2D eigenvalue weighted by Crippen LogP contribution is 2.54. The first kappa shape index (κ1) is 14.9. The van der Waals surface area contributed by atoms with E-state index in [0.29, 0.717) is 33.9 Å². The minimum Gasteiger partial charge on any atom is -0.492 e. The van der Waals surface area contributed by atoms with Crippen LogP contribution in [0.15, 0.2) is 6.07 Å². The van der Waals surface area contributed by atoms with E-state index in [-0.39, 0.29) is 25.0 Å². The van der Waals surface area contributed by atoms with E-state index in [1.807, 2.05) is 6.07 Å². The van der Waals surface area contributed by atoms with Crippen molar-refractivity contribution in [2.24, 2.45) is 0 Å². The number of hydrogen-bond donors (Lipinski definition) is 2. The second-order valence-corrected chi connectivity index (χ2v) is 6.40. The monoisotopic (exact) mass is 349 g/mol. The van der Waals surface area contributed by atoms with Crippen molar-refractivity contribution in [2.45, 2.75) is 12.3 Å². The molecule has 1 amide bonds. The largest absolute Gasteiger partial charge is 0.492 e. The molecule has 2 aromatic rings. The molecule has 0 fully saturated rings. The summed E-state index contributed by atoms with van der Waals surface area (Å²) < 4.78 is 22.0. The molecule has 9 heteroatoms. The zero-order valence-corrected chi connectivity index (χ0v) is 13.9. The molecular formula is C15H15N3O5S. The molecule has 1 aromatic carbocycles. The summed E-state index contributed by atoms with van der Waals surface area (Å²) in [4.78, 5) is 17.2. The lowest BCUT2D eigenvalue weighted by Crippen LogP contribution is -2.23. The lowest BCUT2D eigenvalue weighted by molar-refractivity contribution is -0.116. The van der Waals surface area contributed by atoms with Gasteiger partial charge in [-0.25, -0.2) is 4.98 Å². The van der Waals surface area contributed by atoms with Crippen LogP contribution in [0.2, 0.25) is 0 Å². The summed E-state index contributed by atoms with van der Waals surface area (Å²) in [6.45, 7) is 0.113. The minimum absolute atomic E-state index is 0.113. The quantitative estimate of drug-likeness (QED) is 0.872. The normalized spacial score (nSPS) is 18.1. The van der Waals surface area contributed by atoms with Gasteiger partial charge in [0.15, 0.2) is 16.6 Å². The first-order valence-electron chi connectivity index (χ1n) is 7.23. The number of amides is 1. The topological polar surface area (TPSA) is 105 Å². The van der Waals surface area contributed by atoms with Gasteiger partial charge in [0.2, 0.25) is 24.2 Å². The highest BCUT2D eigenvalue weighted by Gasteiger charge is 2.35. The van der Waals surface area contributed by atoms with Gasteiger partial charge < -0.3 is 30.0 Å². The maximum Gasteiger partial charge on any atom is 0.231 e. The first-order valence-corrected chi connectivity index (χ1v) is 8.04. The summed E-state index contributed by atoms with van der Waals surface area (Å²) in [5, 5.41) is 3.15. The second kappa shape index (κ2) is 5.45. The lowest BCUT2D eigenvalue weighted by atomic mass is 9.90. The van der Waals surface area contributed by atoms with E-state index in [0.717, 1.165) is 10.4 Å². The number of methoxy groups -OCH3 is 2. The number of fused-ring (bicyclic) bond motifs is 2. The van der Waals surface area contributed by atoms with Crippen LogP contribution in [0.3, 0.4) is 0 Å². The molecule has 1 atom stereocenters. The number of carbonyl (C=O) groups is 1. The van der Waals surface area contributed by atoms with Gasteiger partial charge >= 0.3 is 0 Å². The van der Waals surface area contributed by atoms with Crippen LogP contribution in [0, 0.1) is 0 Å². The molecule has 0 bridgehead atoms. The molecule has 24 heavy (non-hydrogen) atoms. The Morgan fingerprint density at radius 1 is 1.33 bits per heavy atom. The predicted octanol–water partition coefficient (Wildman–Crippen LogP) is 1.95. The van der Waals surface area contributed by atoms with Gasteiger partial charge in [0.25, 0.3) is 0 Å². The van der Waals surface area contributed by atoms with Crippen LogP contribution in [0.5, 0.6) is 23.0 Å². The standard InChI is InChI=1S/C15H15N3O5S/c1-20-10-6(3-8-11(12(10)21-2)23-5-22-8)7-4-9(19)17-14-13(7)24-15(16)18-14/h3,7H,4-5H2,1-2H3,(H2,16,18)(H,17,19)/t7-/m1/s1. The molecule has 0 spiro atoms. The molecule has 8 nitrogen and oxygen atoms in total. The van der Waals surface area contributed by atoms with Gasteiger partial charge in [-0.2, -0.15) is 0 Å². The number of thiazole rings is 1. The van der Waals surface area contributed by atoms with Crippen molar-refractivity contribution in [3.8, 4) is 23.0 Å². The number of rotatable bonds is 3. The van der Waals surface area contributed by atoms with Crippen molar-refractivity contribution < 1.29 is 23.7 Å². The van der Waals surface area contributed by atoms with Gasteiger partial charge in [-0.15, -0.1) is 0 Å². The summed E-state index contributed by atoms with van der Waals surface area (Å²) in [6.07, 6.45) is 0.258. The van der Waals surface area contributed by atoms with E-state index in [2.05, 4.69) is 10.3 Å². The van der Waals surface area contributed by atoms with Gasteiger partial charge in [0.05, 0.1) is 19.1 Å². The van der Waals surface area contributed by atoms with Crippen LogP contribution in [-0.4, -0.2) is 31.9 Å². The average Bonchev–Trinajstić information content (AvgIpc) is 3.17. The third-order valence-corrected chi connectivity index (χ3v) is 5.02. The van der Waals surface area contributed by atoms with Gasteiger partial charge in [-0.3, -0.25) is 4.79 Å². The number of aromatic nitrogens is 1. The number of hydrogen-bond acceptors (Lipinski definition) is 8. The molecule has 0 unspecified atom stereocenters. The SMILES string of the molecule is COc1c([C@H]2CC(=O)Nc3nc(N)sc32)cc2c(c1OC)OCO2. The van der Waals surface area contributed by atoms with Crippen LogP contribution in [0.1, 0.15) is 22.8 Å². The van der Waals surface area contributed by atoms with Crippen molar-refractivity contribution >= 4 is 28.2 Å². The van der Waals surface area contributed by atoms with Gasteiger partial charge in [0, 0.05) is 17.9 Å². The number of carbonyl (C=O) groups excluding carboxylic acids is 1. The molecule has 4 rings (SSSR count). The predicted molar refractivity (Wildman–Crippen MR) is 87.3 cm³/mol. The van der Waals surface area contributed by atoms with Crippen molar-refractivity contribution in [3.63, 3.8) is 0 Å². The maximum absolute atomic E-state index is 12.1. The molecule has 3 heterocycles. The van der Waals surface area contributed by atoms with Crippen molar-refractivity contribution in [1.29, 1.82) is 0 Å². The number of ether oxygens (including phenoxy) is 4. The number of nitrogens with two attached hydrogens (primary N) is 1. The van der Waals surface area contributed by atoms with E-state index in [1.165, 1.54) is 18.4 Å². The zero-order chi connectivity index (χ0) is 16.8. The Labute approximate surface area is 141 Å². The summed E-state index contributed by atoms with van der Waals surface area (Å²) in [5.74, 6) is 2.15. The molecule has 0 radical (unpaired) electrons. The third-order valence-electron chi connectivity index (χ3n) is 4.02. The van der Waals surface area contributed by atoms with Crippen LogP contribution < -0.4 is 30.0 Å². The molecule has 0 aliphatic carbocycles. The molecule has 1 aromatic heterocycles. The Morgan fingerprint density at radius 3 is 2.88 bits per heavy atom. The molecule has 3 N–H and O–H groups in total. The van der Waals surface area contributed by atoms with E-state index in [9.17, 15) is 4.79 Å². The molecular weight excluding hydrogens is 334 g/mol. The Hall–Kier alpha value is -2.68.